The lowest BCUT2D eigenvalue weighted by Crippen LogP contribution is -2.45. The van der Waals surface area contributed by atoms with Gasteiger partial charge in [0.2, 0.25) is 11.8 Å². The third-order valence-corrected chi connectivity index (χ3v) is 6.61. The van der Waals surface area contributed by atoms with Crippen LogP contribution in [0, 0.1) is 5.92 Å². The number of benzene rings is 2. The zero-order valence-corrected chi connectivity index (χ0v) is 22.1. The SMILES string of the molecule is CC(C)C(=O)O[C@@H]1C[C@H](C(=O)Nc2ccc(N3CCOCC3=O)cc2)N(C(=O)CNc2ccc(Cl)cc2)C1. The van der Waals surface area contributed by atoms with Crippen LogP contribution < -0.4 is 15.5 Å². The molecular weight excluding hydrogens is 512 g/mol. The molecule has 0 aromatic heterocycles. The van der Waals surface area contributed by atoms with Gasteiger partial charge in [-0.2, -0.15) is 0 Å². The zero-order chi connectivity index (χ0) is 27.2. The number of anilines is 3. The highest BCUT2D eigenvalue weighted by molar-refractivity contribution is 6.30. The lowest BCUT2D eigenvalue weighted by molar-refractivity contribution is -0.152. The van der Waals surface area contributed by atoms with Crippen molar-refractivity contribution in [2.24, 2.45) is 5.92 Å². The first-order valence-corrected chi connectivity index (χ1v) is 12.9. The standard InChI is InChI=1S/C27H31ClN4O6/c1-17(2)27(36)38-22-13-23(32(15-22)24(33)14-29-19-5-3-18(28)4-6-19)26(35)30-20-7-9-21(10-8-20)31-11-12-37-16-25(31)34/h3-10,17,22-23,29H,11-16H2,1-2H3,(H,30,35)/t22-,23-/m1/s1. The quantitative estimate of drug-likeness (QED) is 0.492. The monoisotopic (exact) mass is 542 g/mol. The average Bonchev–Trinajstić information content (AvgIpc) is 3.33. The van der Waals surface area contributed by atoms with E-state index < -0.39 is 12.1 Å². The Hall–Kier alpha value is -3.63. The molecule has 2 aliphatic rings. The maximum Gasteiger partial charge on any atom is 0.308 e. The van der Waals surface area contributed by atoms with Crippen LogP contribution in [0.4, 0.5) is 17.1 Å². The summed E-state index contributed by atoms with van der Waals surface area (Å²) in [6.07, 6.45) is -0.396. The number of halogens is 1. The Morgan fingerprint density at radius 2 is 1.76 bits per heavy atom. The van der Waals surface area contributed by atoms with Crippen molar-refractivity contribution in [3.05, 3.63) is 53.6 Å². The topological polar surface area (TPSA) is 117 Å². The molecule has 3 amide bonds. The molecule has 2 aromatic rings. The van der Waals surface area contributed by atoms with Gasteiger partial charge >= 0.3 is 5.97 Å². The first-order chi connectivity index (χ1) is 18.2. The molecule has 2 aromatic carbocycles. The van der Waals surface area contributed by atoms with E-state index in [1.165, 1.54) is 4.90 Å². The summed E-state index contributed by atoms with van der Waals surface area (Å²) in [5.74, 6) is -1.51. The maximum atomic E-state index is 13.3. The van der Waals surface area contributed by atoms with Crippen molar-refractivity contribution < 1.29 is 28.7 Å². The zero-order valence-electron chi connectivity index (χ0n) is 21.3. The molecule has 2 aliphatic heterocycles. The Balaban J connectivity index is 1.43. The molecule has 2 heterocycles. The molecule has 0 unspecified atom stereocenters. The molecule has 38 heavy (non-hydrogen) atoms. The van der Waals surface area contributed by atoms with Gasteiger partial charge in [0.25, 0.3) is 5.91 Å². The molecule has 0 bridgehead atoms. The fraction of sp³-hybridized carbons (Fsp3) is 0.407. The highest BCUT2D eigenvalue weighted by Gasteiger charge is 2.41. The van der Waals surface area contributed by atoms with E-state index in [0.717, 1.165) is 0 Å². The predicted molar refractivity (Wildman–Crippen MR) is 143 cm³/mol. The number of rotatable bonds is 8. The summed E-state index contributed by atoms with van der Waals surface area (Å²) in [6, 6.07) is 13.0. The summed E-state index contributed by atoms with van der Waals surface area (Å²) in [5, 5.41) is 6.47. The van der Waals surface area contributed by atoms with E-state index in [-0.39, 0.29) is 55.7 Å². The molecule has 10 nitrogen and oxygen atoms in total. The molecule has 0 saturated carbocycles. The average molecular weight is 543 g/mol. The van der Waals surface area contributed by atoms with Crippen molar-refractivity contribution >= 4 is 52.4 Å². The summed E-state index contributed by atoms with van der Waals surface area (Å²) in [6.45, 7) is 4.51. The van der Waals surface area contributed by atoms with Crippen molar-refractivity contribution in [3.8, 4) is 0 Å². The molecule has 202 valence electrons. The van der Waals surface area contributed by atoms with Crippen molar-refractivity contribution in [3.63, 3.8) is 0 Å². The van der Waals surface area contributed by atoms with Crippen LogP contribution in [0.25, 0.3) is 0 Å². The molecule has 0 aliphatic carbocycles. The summed E-state index contributed by atoms with van der Waals surface area (Å²) in [4.78, 5) is 53.8. The van der Waals surface area contributed by atoms with Crippen LogP contribution in [-0.4, -0.2) is 73.6 Å². The number of nitrogens with one attached hydrogen (secondary N) is 2. The van der Waals surface area contributed by atoms with Gasteiger partial charge in [-0.05, 0) is 48.5 Å². The number of hydrogen-bond acceptors (Lipinski definition) is 7. The Morgan fingerprint density at radius 1 is 1.08 bits per heavy atom. The maximum absolute atomic E-state index is 13.3. The fourth-order valence-electron chi connectivity index (χ4n) is 4.30. The molecule has 2 N–H and O–H groups in total. The van der Waals surface area contributed by atoms with Crippen LogP contribution >= 0.6 is 11.6 Å². The number of carbonyl (C=O) groups excluding carboxylic acids is 4. The van der Waals surface area contributed by atoms with Crippen LogP contribution in [0.1, 0.15) is 20.3 Å². The van der Waals surface area contributed by atoms with Crippen LogP contribution in [0.3, 0.4) is 0 Å². The molecule has 2 saturated heterocycles. The Kier molecular flexibility index (Phi) is 8.85. The second-order valence-corrected chi connectivity index (χ2v) is 9.94. The van der Waals surface area contributed by atoms with Crippen LogP contribution in [0.5, 0.6) is 0 Å². The van der Waals surface area contributed by atoms with E-state index in [9.17, 15) is 19.2 Å². The van der Waals surface area contributed by atoms with Gasteiger partial charge in [-0.15, -0.1) is 0 Å². The number of ether oxygens (including phenoxy) is 2. The largest absolute Gasteiger partial charge is 0.460 e. The van der Waals surface area contributed by atoms with E-state index in [1.54, 1.807) is 67.3 Å². The smallest absolute Gasteiger partial charge is 0.308 e. The van der Waals surface area contributed by atoms with Gasteiger partial charge < -0.3 is 29.9 Å². The van der Waals surface area contributed by atoms with Crippen LogP contribution in [0.2, 0.25) is 5.02 Å². The Labute approximate surface area is 226 Å². The van der Waals surface area contributed by atoms with Gasteiger partial charge in [0, 0.05) is 35.1 Å². The number of carbonyl (C=O) groups is 4. The van der Waals surface area contributed by atoms with E-state index >= 15 is 0 Å². The van der Waals surface area contributed by atoms with Crippen LogP contribution in [-0.2, 0) is 28.7 Å². The summed E-state index contributed by atoms with van der Waals surface area (Å²) >= 11 is 5.92. The summed E-state index contributed by atoms with van der Waals surface area (Å²) in [7, 11) is 0. The second kappa shape index (κ2) is 12.3. The van der Waals surface area contributed by atoms with Crippen molar-refractivity contribution in [2.75, 3.05) is 48.4 Å². The molecule has 0 spiro atoms. The third kappa shape index (κ3) is 6.81. The van der Waals surface area contributed by atoms with E-state index in [4.69, 9.17) is 21.1 Å². The molecular formula is C27H31ClN4O6. The van der Waals surface area contributed by atoms with E-state index in [0.29, 0.717) is 35.2 Å². The van der Waals surface area contributed by atoms with E-state index in [1.807, 2.05) is 0 Å². The normalized spacial score (nSPS) is 19.4. The third-order valence-electron chi connectivity index (χ3n) is 6.36. The summed E-state index contributed by atoms with van der Waals surface area (Å²) < 4.78 is 10.7. The highest BCUT2D eigenvalue weighted by Crippen LogP contribution is 2.25. The second-order valence-electron chi connectivity index (χ2n) is 9.51. The lowest BCUT2D eigenvalue weighted by Gasteiger charge is -2.27. The number of likely N-dealkylation sites (tertiary alicyclic amines) is 1. The molecule has 4 rings (SSSR count). The predicted octanol–water partition coefficient (Wildman–Crippen LogP) is 2.92. The highest BCUT2D eigenvalue weighted by atomic mass is 35.5. The molecule has 11 heteroatoms. The van der Waals surface area contributed by atoms with Crippen molar-refractivity contribution in [1.82, 2.24) is 4.90 Å². The minimum absolute atomic E-state index is 0.0411. The Bertz CT molecular complexity index is 1170. The first kappa shape index (κ1) is 27.4. The van der Waals surface area contributed by atoms with Crippen molar-refractivity contribution in [2.45, 2.75) is 32.4 Å². The minimum Gasteiger partial charge on any atom is -0.460 e. The number of amides is 3. The van der Waals surface area contributed by atoms with Gasteiger partial charge in [0.15, 0.2) is 0 Å². The van der Waals surface area contributed by atoms with Gasteiger partial charge in [-0.25, -0.2) is 0 Å². The van der Waals surface area contributed by atoms with E-state index in [2.05, 4.69) is 10.6 Å². The number of morpholine rings is 1. The molecule has 2 fully saturated rings. The van der Waals surface area contributed by atoms with Gasteiger partial charge in [-0.1, -0.05) is 25.4 Å². The van der Waals surface area contributed by atoms with Crippen molar-refractivity contribution in [1.29, 1.82) is 0 Å². The van der Waals surface area contributed by atoms with Crippen LogP contribution in [0.15, 0.2) is 48.5 Å². The molecule has 0 radical (unpaired) electrons. The van der Waals surface area contributed by atoms with Gasteiger partial charge in [-0.3, -0.25) is 19.2 Å². The number of nitrogens with zero attached hydrogens (tertiary/aromatic N) is 2. The minimum atomic E-state index is -0.819. The Morgan fingerprint density at radius 3 is 2.42 bits per heavy atom. The lowest BCUT2D eigenvalue weighted by atomic mass is 10.1. The number of hydrogen-bond donors (Lipinski definition) is 2. The fourth-order valence-corrected chi connectivity index (χ4v) is 4.42. The van der Waals surface area contributed by atoms with Gasteiger partial charge in [0.05, 0.1) is 25.6 Å². The number of esters is 1. The molecule has 2 atom stereocenters. The summed E-state index contributed by atoms with van der Waals surface area (Å²) in [5.41, 5.74) is 1.95. The first-order valence-electron chi connectivity index (χ1n) is 12.5. The van der Waals surface area contributed by atoms with Gasteiger partial charge in [0.1, 0.15) is 18.8 Å².